The van der Waals surface area contributed by atoms with E-state index in [2.05, 4.69) is 15.3 Å². The number of pyridine rings is 1. The summed E-state index contributed by atoms with van der Waals surface area (Å²) in [7, 11) is 0. The number of hydrogen-bond donors (Lipinski definition) is 3. The first kappa shape index (κ1) is 18.1. The summed E-state index contributed by atoms with van der Waals surface area (Å²) < 4.78 is 5.97. The van der Waals surface area contributed by atoms with Gasteiger partial charge >= 0.3 is 5.69 Å². The first-order valence-corrected chi connectivity index (χ1v) is 8.24. The minimum absolute atomic E-state index is 0.103. The van der Waals surface area contributed by atoms with Crippen LogP contribution in [0.15, 0.2) is 52.3 Å². The highest BCUT2D eigenvalue weighted by molar-refractivity contribution is 5.93. The van der Waals surface area contributed by atoms with Crippen molar-refractivity contribution < 1.29 is 9.53 Å². The van der Waals surface area contributed by atoms with E-state index in [1.54, 1.807) is 18.3 Å². The minimum atomic E-state index is -0.755. The van der Waals surface area contributed by atoms with Gasteiger partial charge in [0.25, 0.3) is 11.5 Å². The first-order chi connectivity index (χ1) is 13.0. The van der Waals surface area contributed by atoms with Gasteiger partial charge in [0, 0.05) is 24.5 Å². The molecule has 0 bridgehead atoms. The van der Waals surface area contributed by atoms with Crippen LogP contribution >= 0.6 is 0 Å². The second-order valence-corrected chi connectivity index (χ2v) is 5.96. The van der Waals surface area contributed by atoms with Crippen LogP contribution in [-0.2, 0) is 6.54 Å². The fraction of sp³-hybridized carbons (Fsp3) is 0.158. The maximum atomic E-state index is 12.2. The van der Waals surface area contributed by atoms with Crippen molar-refractivity contribution in [1.29, 1.82) is 0 Å². The molecule has 0 spiro atoms. The number of nitrogens with zero attached hydrogens (tertiary/aromatic N) is 1. The monoisotopic (exact) mass is 366 g/mol. The summed E-state index contributed by atoms with van der Waals surface area (Å²) >= 11 is 0. The predicted molar refractivity (Wildman–Crippen MR) is 99.1 cm³/mol. The van der Waals surface area contributed by atoms with E-state index in [-0.39, 0.29) is 12.1 Å². The number of benzene rings is 1. The van der Waals surface area contributed by atoms with E-state index in [1.807, 2.05) is 37.0 Å². The van der Waals surface area contributed by atoms with Gasteiger partial charge in [-0.3, -0.25) is 14.6 Å². The van der Waals surface area contributed by atoms with Gasteiger partial charge in [-0.15, -0.1) is 0 Å². The van der Waals surface area contributed by atoms with Gasteiger partial charge in [-0.25, -0.2) is 9.78 Å². The molecule has 8 heteroatoms. The van der Waals surface area contributed by atoms with Crippen molar-refractivity contribution in [1.82, 2.24) is 20.3 Å². The van der Waals surface area contributed by atoms with Crippen molar-refractivity contribution in [2.75, 3.05) is 0 Å². The Labute approximate surface area is 154 Å². The van der Waals surface area contributed by atoms with Crippen LogP contribution in [0.25, 0.3) is 0 Å². The number of carbonyl (C=O) groups is 1. The third kappa shape index (κ3) is 4.12. The van der Waals surface area contributed by atoms with E-state index < -0.39 is 17.2 Å². The molecule has 0 radical (unpaired) electrons. The van der Waals surface area contributed by atoms with Gasteiger partial charge in [-0.1, -0.05) is 24.3 Å². The third-order valence-corrected chi connectivity index (χ3v) is 3.96. The maximum Gasteiger partial charge on any atom is 0.325 e. The van der Waals surface area contributed by atoms with Crippen molar-refractivity contribution in [3.8, 4) is 11.6 Å². The van der Waals surface area contributed by atoms with E-state index in [9.17, 15) is 14.4 Å². The number of nitrogens with one attached hydrogen (secondary N) is 3. The normalized spacial score (nSPS) is 10.4. The lowest BCUT2D eigenvalue weighted by atomic mass is 10.1. The Balaban J connectivity index is 1.79. The van der Waals surface area contributed by atoms with Crippen molar-refractivity contribution >= 4 is 5.91 Å². The molecule has 8 nitrogen and oxygen atoms in total. The largest absolute Gasteiger partial charge is 0.438 e. The number of para-hydroxylation sites is 1. The van der Waals surface area contributed by atoms with Crippen molar-refractivity contribution in [3.05, 3.63) is 85.8 Å². The minimum Gasteiger partial charge on any atom is -0.438 e. The number of H-pyrrole nitrogens is 2. The van der Waals surface area contributed by atoms with Crippen LogP contribution in [0, 0.1) is 13.8 Å². The lowest BCUT2D eigenvalue weighted by Gasteiger charge is -2.14. The Morgan fingerprint density at radius 2 is 1.89 bits per heavy atom. The van der Waals surface area contributed by atoms with Gasteiger partial charge in [0.1, 0.15) is 11.3 Å². The van der Waals surface area contributed by atoms with Gasteiger partial charge in [0.05, 0.1) is 0 Å². The molecular weight excluding hydrogens is 348 g/mol. The Bertz CT molecular complexity index is 1080. The number of aryl methyl sites for hydroxylation is 2. The van der Waals surface area contributed by atoms with Gasteiger partial charge in [-0.05, 0) is 31.0 Å². The third-order valence-electron chi connectivity index (χ3n) is 3.96. The highest BCUT2D eigenvalue weighted by Crippen LogP contribution is 2.29. The summed E-state index contributed by atoms with van der Waals surface area (Å²) in [4.78, 5) is 43.5. The number of hydrogen-bond acceptors (Lipinski definition) is 5. The number of rotatable bonds is 5. The number of carbonyl (C=O) groups excluding carboxylic acids is 1. The second kappa shape index (κ2) is 7.69. The summed E-state index contributed by atoms with van der Waals surface area (Å²) in [5.74, 6) is 0.459. The summed E-state index contributed by atoms with van der Waals surface area (Å²) in [6.45, 7) is 3.98. The molecule has 0 atom stereocenters. The van der Waals surface area contributed by atoms with Crippen LogP contribution in [0.5, 0.6) is 11.6 Å². The molecule has 3 N–H and O–H groups in total. The molecule has 3 aromatic rings. The van der Waals surface area contributed by atoms with E-state index >= 15 is 0 Å². The van der Waals surface area contributed by atoms with Gasteiger partial charge in [0.15, 0.2) is 0 Å². The van der Waals surface area contributed by atoms with Crippen LogP contribution in [0.1, 0.15) is 27.0 Å². The number of aromatic amines is 2. The summed E-state index contributed by atoms with van der Waals surface area (Å²) in [5.41, 5.74) is 0.971. The van der Waals surface area contributed by atoms with E-state index in [4.69, 9.17) is 4.74 Å². The molecule has 0 aliphatic carbocycles. The Morgan fingerprint density at radius 1 is 1.15 bits per heavy atom. The van der Waals surface area contributed by atoms with Gasteiger partial charge in [-0.2, -0.15) is 0 Å². The topological polar surface area (TPSA) is 117 Å². The van der Waals surface area contributed by atoms with Gasteiger partial charge < -0.3 is 15.0 Å². The zero-order valence-electron chi connectivity index (χ0n) is 14.8. The van der Waals surface area contributed by atoms with Crippen molar-refractivity contribution in [2.45, 2.75) is 20.4 Å². The number of aromatic nitrogens is 3. The summed E-state index contributed by atoms with van der Waals surface area (Å²) in [5, 5.41) is 2.63. The summed E-state index contributed by atoms with van der Waals surface area (Å²) in [6, 6.07) is 9.32. The fourth-order valence-corrected chi connectivity index (χ4v) is 2.56. The molecule has 0 aliphatic rings. The van der Waals surface area contributed by atoms with E-state index in [0.717, 1.165) is 17.3 Å². The number of amides is 1. The first-order valence-electron chi connectivity index (χ1n) is 8.24. The van der Waals surface area contributed by atoms with Crippen LogP contribution in [0.2, 0.25) is 0 Å². The molecule has 1 amide bonds. The molecule has 2 aromatic heterocycles. The number of ether oxygens (including phenoxy) is 1. The molecule has 2 heterocycles. The lowest BCUT2D eigenvalue weighted by molar-refractivity contribution is 0.0948. The zero-order chi connectivity index (χ0) is 19.4. The quantitative estimate of drug-likeness (QED) is 0.636. The standard InChI is InChI=1S/C19H18N4O4/c1-11-5-3-6-12(2)15(11)27-18-13(7-4-8-20-18)9-21-16(24)14-10-22-19(26)23-17(14)25/h3-8,10H,9H2,1-2H3,(H,21,24)(H2,22,23,25,26). The van der Waals surface area contributed by atoms with Crippen LogP contribution in [-0.4, -0.2) is 20.9 Å². The Morgan fingerprint density at radius 3 is 2.59 bits per heavy atom. The molecule has 3 rings (SSSR count). The molecular formula is C19H18N4O4. The fourth-order valence-electron chi connectivity index (χ4n) is 2.56. The van der Waals surface area contributed by atoms with Crippen molar-refractivity contribution in [3.63, 3.8) is 0 Å². The molecule has 0 aliphatic heterocycles. The predicted octanol–water partition coefficient (Wildman–Crippen LogP) is 1.80. The summed E-state index contributed by atoms with van der Waals surface area (Å²) in [6.07, 6.45) is 2.68. The molecule has 0 fully saturated rings. The smallest absolute Gasteiger partial charge is 0.325 e. The average Bonchev–Trinajstić information content (AvgIpc) is 2.63. The molecule has 138 valence electrons. The van der Waals surface area contributed by atoms with Crippen LogP contribution in [0.3, 0.4) is 0 Å². The maximum absolute atomic E-state index is 12.2. The SMILES string of the molecule is Cc1cccc(C)c1Oc1ncccc1CNC(=O)c1c[nH]c(=O)[nH]c1=O. The highest BCUT2D eigenvalue weighted by Gasteiger charge is 2.14. The molecule has 0 saturated carbocycles. The lowest BCUT2D eigenvalue weighted by Crippen LogP contribution is -2.33. The molecule has 0 unspecified atom stereocenters. The highest BCUT2D eigenvalue weighted by atomic mass is 16.5. The Hall–Kier alpha value is -3.68. The van der Waals surface area contributed by atoms with E-state index in [0.29, 0.717) is 17.2 Å². The van der Waals surface area contributed by atoms with Crippen LogP contribution in [0.4, 0.5) is 0 Å². The van der Waals surface area contributed by atoms with Crippen molar-refractivity contribution in [2.24, 2.45) is 0 Å². The zero-order valence-corrected chi connectivity index (χ0v) is 14.8. The molecule has 1 aromatic carbocycles. The van der Waals surface area contributed by atoms with Gasteiger partial charge in [0.2, 0.25) is 5.88 Å². The second-order valence-electron chi connectivity index (χ2n) is 5.96. The Kier molecular flexibility index (Phi) is 5.16. The van der Waals surface area contributed by atoms with Crippen LogP contribution < -0.4 is 21.3 Å². The molecule has 0 saturated heterocycles. The molecule has 27 heavy (non-hydrogen) atoms. The van der Waals surface area contributed by atoms with E-state index in [1.165, 1.54) is 0 Å². The average molecular weight is 366 g/mol.